The molecule has 0 unspecified atom stereocenters. The van der Waals surface area contributed by atoms with Gasteiger partial charge in [0.2, 0.25) is 0 Å². The number of rotatable bonds is 7. The molecule has 2 aromatic rings. The fourth-order valence-corrected chi connectivity index (χ4v) is 2.43. The second-order valence-electron chi connectivity index (χ2n) is 6.01. The van der Waals surface area contributed by atoms with E-state index in [0.717, 1.165) is 16.9 Å². The molecule has 5 heteroatoms. The maximum absolute atomic E-state index is 12.1. The van der Waals surface area contributed by atoms with E-state index in [0.29, 0.717) is 23.9 Å². The minimum atomic E-state index is -0.596. The summed E-state index contributed by atoms with van der Waals surface area (Å²) in [6.07, 6.45) is -0.596. The summed E-state index contributed by atoms with van der Waals surface area (Å²) >= 11 is 5.99. The van der Waals surface area contributed by atoms with Crippen molar-refractivity contribution in [3.63, 3.8) is 0 Å². The maximum atomic E-state index is 12.1. The molecule has 0 heterocycles. The Labute approximate surface area is 154 Å². The van der Waals surface area contributed by atoms with Gasteiger partial charge in [0.05, 0.1) is 6.54 Å². The van der Waals surface area contributed by atoms with Crippen molar-refractivity contribution in [1.82, 2.24) is 5.32 Å². The Hall–Kier alpha value is -2.20. The Morgan fingerprint density at radius 1 is 1.16 bits per heavy atom. The predicted octanol–water partition coefficient (Wildman–Crippen LogP) is 4.23. The van der Waals surface area contributed by atoms with E-state index in [4.69, 9.17) is 21.1 Å². The summed E-state index contributed by atoms with van der Waals surface area (Å²) in [6.45, 7) is 8.49. The third-order valence-corrected chi connectivity index (χ3v) is 4.45. The van der Waals surface area contributed by atoms with E-state index in [2.05, 4.69) is 5.32 Å². The van der Waals surface area contributed by atoms with Gasteiger partial charge in [0.1, 0.15) is 18.1 Å². The van der Waals surface area contributed by atoms with Crippen LogP contribution in [0.5, 0.6) is 11.5 Å². The largest absolute Gasteiger partial charge is 0.491 e. The zero-order valence-corrected chi connectivity index (χ0v) is 15.8. The van der Waals surface area contributed by atoms with Crippen LogP contribution in [0.15, 0.2) is 36.4 Å². The van der Waals surface area contributed by atoms with Crippen LogP contribution in [0.2, 0.25) is 5.02 Å². The van der Waals surface area contributed by atoms with Crippen molar-refractivity contribution in [1.29, 1.82) is 0 Å². The van der Waals surface area contributed by atoms with Crippen LogP contribution in [0.4, 0.5) is 0 Å². The summed E-state index contributed by atoms with van der Waals surface area (Å²) in [5, 5.41) is 3.49. The number of nitrogens with one attached hydrogen (secondary N) is 1. The minimum absolute atomic E-state index is 0.183. The number of carbonyl (C=O) groups excluding carboxylic acids is 1. The van der Waals surface area contributed by atoms with Gasteiger partial charge in [-0.05, 0) is 68.7 Å². The van der Waals surface area contributed by atoms with Crippen LogP contribution < -0.4 is 14.8 Å². The van der Waals surface area contributed by atoms with Gasteiger partial charge in [0.15, 0.2) is 6.10 Å². The number of hydrogen-bond acceptors (Lipinski definition) is 3. The van der Waals surface area contributed by atoms with E-state index in [-0.39, 0.29) is 5.91 Å². The molecule has 0 radical (unpaired) electrons. The van der Waals surface area contributed by atoms with Crippen molar-refractivity contribution in [3.05, 3.63) is 58.1 Å². The number of benzene rings is 2. The molecule has 2 rings (SSSR count). The molecule has 0 aliphatic rings. The average molecular weight is 362 g/mol. The third kappa shape index (κ3) is 5.40. The summed E-state index contributed by atoms with van der Waals surface area (Å²) in [6, 6.07) is 11.3. The van der Waals surface area contributed by atoms with Crippen molar-refractivity contribution in [2.75, 3.05) is 13.2 Å². The highest BCUT2D eigenvalue weighted by Gasteiger charge is 2.14. The Kier molecular flexibility index (Phi) is 6.71. The number of halogens is 1. The molecule has 0 bridgehead atoms. The van der Waals surface area contributed by atoms with Crippen LogP contribution >= 0.6 is 11.6 Å². The summed E-state index contributed by atoms with van der Waals surface area (Å²) in [5.74, 6) is 1.28. The van der Waals surface area contributed by atoms with E-state index in [1.807, 2.05) is 45.0 Å². The zero-order valence-electron chi connectivity index (χ0n) is 15.1. The Bertz CT molecular complexity index is 746. The van der Waals surface area contributed by atoms with Gasteiger partial charge in [-0.2, -0.15) is 0 Å². The second-order valence-corrected chi connectivity index (χ2v) is 6.42. The first-order valence-corrected chi connectivity index (χ1v) is 8.66. The minimum Gasteiger partial charge on any atom is -0.491 e. The first-order valence-electron chi connectivity index (χ1n) is 8.28. The van der Waals surface area contributed by atoms with Crippen LogP contribution in [0.3, 0.4) is 0 Å². The number of ether oxygens (including phenoxy) is 2. The van der Waals surface area contributed by atoms with Gasteiger partial charge in [0, 0.05) is 5.02 Å². The predicted molar refractivity (Wildman–Crippen MR) is 101 cm³/mol. The highest BCUT2D eigenvalue weighted by atomic mass is 35.5. The lowest BCUT2D eigenvalue weighted by Gasteiger charge is -2.16. The van der Waals surface area contributed by atoms with Crippen molar-refractivity contribution in [2.45, 2.75) is 33.8 Å². The smallest absolute Gasteiger partial charge is 0.260 e. The molecular formula is C20H24ClNO3. The fourth-order valence-electron chi connectivity index (χ4n) is 2.31. The summed E-state index contributed by atoms with van der Waals surface area (Å²) in [4.78, 5) is 12.1. The molecule has 0 spiro atoms. The average Bonchev–Trinajstić information content (AvgIpc) is 2.58. The number of carbonyl (C=O) groups is 1. The SMILES string of the molecule is Cc1cc(O[C@H](C)C(=O)NCCOc2cccc(C)c2C)ccc1Cl. The van der Waals surface area contributed by atoms with Crippen molar-refractivity contribution in [3.8, 4) is 11.5 Å². The van der Waals surface area contributed by atoms with E-state index in [1.165, 1.54) is 5.56 Å². The van der Waals surface area contributed by atoms with Crippen LogP contribution in [0, 0.1) is 20.8 Å². The summed E-state index contributed by atoms with van der Waals surface area (Å²) in [7, 11) is 0. The molecule has 0 aliphatic carbocycles. The fraction of sp³-hybridized carbons (Fsp3) is 0.350. The van der Waals surface area contributed by atoms with E-state index >= 15 is 0 Å². The van der Waals surface area contributed by atoms with Crippen LogP contribution in [0.1, 0.15) is 23.6 Å². The van der Waals surface area contributed by atoms with Gasteiger partial charge in [-0.3, -0.25) is 4.79 Å². The maximum Gasteiger partial charge on any atom is 0.260 e. The Morgan fingerprint density at radius 3 is 2.64 bits per heavy atom. The normalized spacial score (nSPS) is 11.7. The quantitative estimate of drug-likeness (QED) is 0.751. The van der Waals surface area contributed by atoms with Gasteiger partial charge in [-0.25, -0.2) is 0 Å². The number of aryl methyl sites for hydroxylation is 2. The first kappa shape index (κ1) is 19.1. The third-order valence-electron chi connectivity index (χ3n) is 4.03. The molecule has 0 saturated carbocycles. The van der Waals surface area contributed by atoms with Gasteiger partial charge in [0.25, 0.3) is 5.91 Å². The molecular weight excluding hydrogens is 338 g/mol. The zero-order chi connectivity index (χ0) is 18.4. The molecule has 1 N–H and O–H groups in total. The highest BCUT2D eigenvalue weighted by molar-refractivity contribution is 6.31. The van der Waals surface area contributed by atoms with E-state index in [1.54, 1.807) is 19.1 Å². The molecule has 0 aliphatic heterocycles. The monoisotopic (exact) mass is 361 g/mol. The first-order chi connectivity index (χ1) is 11.9. The highest BCUT2D eigenvalue weighted by Crippen LogP contribution is 2.22. The van der Waals surface area contributed by atoms with Crippen molar-refractivity contribution < 1.29 is 14.3 Å². The van der Waals surface area contributed by atoms with E-state index < -0.39 is 6.10 Å². The van der Waals surface area contributed by atoms with Gasteiger partial charge in [-0.15, -0.1) is 0 Å². The van der Waals surface area contributed by atoms with Crippen molar-refractivity contribution >= 4 is 17.5 Å². The molecule has 0 aromatic heterocycles. The second kappa shape index (κ2) is 8.77. The molecule has 4 nitrogen and oxygen atoms in total. The number of amides is 1. The number of hydrogen-bond donors (Lipinski definition) is 1. The van der Waals surface area contributed by atoms with E-state index in [9.17, 15) is 4.79 Å². The molecule has 0 fully saturated rings. The lowest BCUT2D eigenvalue weighted by molar-refractivity contribution is -0.127. The van der Waals surface area contributed by atoms with Crippen LogP contribution in [-0.2, 0) is 4.79 Å². The summed E-state index contributed by atoms with van der Waals surface area (Å²) < 4.78 is 11.4. The molecule has 0 saturated heterocycles. The molecule has 1 atom stereocenters. The van der Waals surface area contributed by atoms with Gasteiger partial charge in [-0.1, -0.05) is 23.7 Å². The van der Waals surface area contributed by atoms with Gasteiger partial charge < -0.3 is 14.8 Å². The molecule has 25 heavy (non-hydrogen) atoms. The van der Waals surface area contributed by atoms with Crippen LogP contribution in [0.25, 0.3) is 0 Å². The molecule has 1 amide bonds. The lowest BCUT2D eigenvalue weighted by Crippen LogP contribution is -2.38. The Morgan fingerprint density at radius 2 is 1.92 bits per heavy atom. The van der Waals surface area contributed by atoms with Gasteiger partial charge >= 0.3 is 0 Å². The van der Waals surface area contributed by atoms with Crippen LogP contribution in [-0.4, -0.2) is 25.2 Å². The lowest BCUT2D eigenvalue weighted by atomic mass is 10.1. The summed E-state index contributed by atoms with van der Waals surface area (Å²) in [5.41, 5.74) is 3.21. The molecule has 134 valence electrons. The molecule has 2 aromatic carbocycles. The topological polar surface area (TPSA) is 47.6 Å². The standard InChI is InChI=1S/C20H24ClNO3/c1-13-6-5-7-19(15(13)3)24-11-10-22-20(23)16(4)25-17-8-9-18(21)14(2)12-17/h5-9,12,16H,10-11H2,1-4H3,(H,22,23)/t16-/m1/s1. The van der Waals surface area contributed by atoms with Crippen molar-refractivity contribution in [2.24, 2.45) is 0 Å². The Balaban J connectivity index is 1.77.